The molecule has 132 valence electrons. The highest BCUT2D eigenvalue weighted by molar-refractivity contribution is 5.93. The second-order valence-corrected chi connectivity index (χ2v) is 6.27. The van der Waals surface area contributed by atoms with Crippen LogP contribution in [0.2, 0.25) is 0 Å². The molecule has 3 aromatic heterocycles. The van der Waals surface area contributed by atoms with Crippen LogP contribution in [0.3, 0.4) is 0 Å². The molecule has 3 aromatic rings. The number of likely N-dealkylation sites (tertiary alicyclic amines) is 1. The van der Waals surface area contributed by atoms with Crippen molar-refractivity contribution < 1.29 is 14.1 Å². The highest BCUT2D eigenvalue weighted by Crippen LogP contribution is 2.22. The standard InChI is InChI=1S/C19H18N4O3/c1-13-4-5-18(21-10-13)25-15-6-8-23(12-15)19(24)16-9-17(26-22-16)14-3-2-7-20-11-14/h2-5,7,9-11,15H,6,8,12H2,1H3. The van der Waals surface area contributed by atoms with E-state index in [0.717, 1.165) is 17.5 Å². The van der Waals surface area contributed by atoms with Crippen molar-refractivity contribution in [2.45, 2.75) is 19.4 Å². The van der Waals surface area contributed by atoms with Crippen LogP contribution in [0.25, 0.3) is 11.3 Å². The van der Waals surface area contributed by atoms with Crippen molar-refractivity contribution in [3.63, 3.8) is 0 Å². The van der Waals surface area contributed by atoms with E-state index in [9.17, 15) is 4.79 Å². The molecule has 1 aliphatic heterocycles. The maximum Gasteiger partial charge on any atom is 0.276 e. The molecule has 1 saturated heterocycles. The largest absolute Gasteiger partial charge is 0.472 e. The normalized spacial score (nSPS) is 16.7. The van der Waals surface area contributed by atoms with Crippen LogP contribution in [0.4, 0.5) is 0 Å². The third-order valence-electron chi connectivity index (χ3n) is 4.28. The van der Waals surface area contributed by atoms with Crippen molar-refractivity contribution in [2.75, 3.05) is 13.1 Å². The van der Waals surface area contributed by atoms with Gasteiger partial charge in [-0.25, -0.2) is 4.98 Å². The van der Waals surface area contributed by atoms with Crippen molar-refractivity contribution in [2.24, 2.45) is 0 Å². The average molecular weight is 350 g/mol. The first kappa shape index (κ1) is 16.3. The molecule has 1 fully saturated rings. The minimum absolute atomic E-state index is 0.0705. The molecule has 0 radical (unpaired) electrons. The first-order valence-corrected chi connectivity index (χ1v) is 8.45. The van der Waals surface area contributed by atoms with Gasteiger partial charge in [-0.15, -0.1) is 0 Å². The van der Waals surface area contributed by atoms with Crippen molar-refractivity contribution in [3.8, 4) is 17.2 Å². The number of aryl methyl sites for hydroxylation is 1. The van der Waals surface area contributed by atoms with Gasteiger partial charge in [-0.2, -0.15) is 0 Å². The van der Waals surface area contributed by atoms with Gasteiger partial charge < -0.3 is 14.2 Å². The topological polar surface area (TPSA) is 81.4 Å². The lowest BCUT2D eigenvalue weighted by Crippen LogP contribution is -2.31. The fraction of sp³-hybridized carbons (Fsp3) is 0.263. The Morgan fingerprint density at radius 1 is 1.31 bits per heavy atom. The Bertz CT molecular complexity index is 893. The Kier molecular flexibility index (Phi) is 4.35. The third-order valence-corrected chi connectivity index (χ3v) is 4.28. The molecule has 0 aromatic carbocycles. The van der Waals surface area contributed by atoms with Crippen LogP contribution < -0.4 is 4.74 Å². The average Bonchev–Trinajstić information content (AvgIpc) is 3.34. The third kappa shape index (κ3) is 3.42. The van der Waals surface area contributed by atoms with E-state index in [4.69, 9.17) is 9.26 Å². The number of aromatic nitrogens is 3. The van der Waals surface area contributed by atoms with Crippen molar-refractivity contribution in [1.29, 1.82) is 0 Å². The van der Waals surface area contributed by atoms with Gasteiger partial charge in [-0.1, -0.05) is 11.2 Å². The van der Waals surface area contributed by atoms with Crippen molar-refractivity contribution >= 4 is 5.91 Å². The van der Waals surface area contributed by atoms with E-state index in [0.29, 0.717) is 24.7 Å². The number of hydrogen-bond acceptors (Lipinski definition) is 6. The molecule has 1 unspecified atom stereocenters. The maximum absolute atomic E-state index is 12.7. The summed E-state index contributed by atoms with van der Waals surface area (Å²) in [5, 5.41) is 3.91. The van der Waals surface area contributed by atoms with Crippen LogP contribution in [-0.4, -0.2) is 45.1 Å². The summed E-state index contributed by atoms with van der Waals surface area (Å²) in [6, 6.07) is 9.11. The molecule has 26 heavy (non-hydrogen) atoms. The Hall–Kier alpha value is -3.22. The molecule has 0 N–H and O–H groups in total. The quantitative estimate of drug-likeness (QED) is 0.720. The van der Waals surface area contributed by atoms with Gasteiger partial charge in [-0.3, -0.25) is 9.78 Å². The van der Waals surface area contributed by atoms with Gasteiger partial charge in [0, 0.05) is 49.3 Å². The molecule has 4 heterocycles. The van der Waals surface area contributed by atoms with Crippen LogP contribution in [0.5, 0.6) is 5.88 Å². The molecule has 1 atom stereocenters. The van der Waals surface area contributed by atoms with E-state index in [1.54, 1.807) is 35.6 Å². The number of carbonyl (C=O) groups excluding carboxylic acids is 1. The second kappa shape index (κ2) is 6.95. The molecular formula is C19H18N4O3. The molecule has 1 amide bonds. The number of nitrogens with zero attached hydrogens (tertiary/aromatic N) is 4. The predicted molar refractivity (Wildman–Crippen MR) is 93.6 cm³/mol. The van der Waals surface area contributed by atoms with Gasteiger partial charge in [0.2, 0.25) is 5.88 Å². The number of carbonyl (C=O) groups is 1. The summed E-state index contributed by atoms with van der Waals surface area (Å²) in [4.78, 5) is 22.7. The smallest absolute Gasteiger partial charge is 0.276 e. The number of rotatable bonds is 4. The summed E-state index contributed by atoms with van der Waals surface area (Å²) in [6.07, 6.45) is 5.80. The number of pyridine rings is 2. The van der Waals surface area contributed by atoms with Crippen molar-refractivity contribution in [3.05, 3.63) is 60.2 Å². The lowest BCUT2D eigenvalue weighted by molar-refractivity contribution is 0.0761. The highest BCUT2D eigenvalue weighted by Gasteiger charge is 2.30. The van der Waals surface area contributed by atoms with E-state index in [1.165, 1.54) is 0 Å². The fourth-order valence-electron chi connectivity index (χ4n) is 2.89. The number of hydrogen-bond donors (Lipinski definition) is 0. The number of ether oxygens (including phenoxy) is 1. The summed E-state index contributed by atoms with van der Waals surface area (Å²) >= 11 is 0. The number of amides is 1. The molecule has 4 rings (SSSR count). The molecule has 0 spiro atoms. The summed E-state index contributed by atoms with van der Waals surface area (Å²) in [5.74, 6) is 0.944. The van der Waals surface area contributed by atoms with Gasteiger partial charge >= 0.3 is 0 Å². The zero-order chi connectivity index (χ0) is 17.9. The van der Waals surface area contributed by atoms with Crippen LogP contribution >= 0.6 is 0 Å². The minimum Gasteiger partial charge on any atom is -0.472 e. The first-order chi connectivity index (χ1) is 12.7. The minimum atomic E-state index is -0.160. The Morgan fingerprint density at radius 2 is 2.23 bits per heavy atom. The highest BCUT2D eigenvalue weighted by atomic mass is 16.5. The van der Waals surface area contributed by atoms with E-state index in [1.807, 2.05) is 25.1 Å². The van der Waals surface area contributed by atoms with Gasteiger partial charge in [-0.05, 0) is 24.6 Å². The van der Waals surface area contributed by atoms with E-state index < -0.39 is 0 Å². The molecule has 7 heteroatoms. The fourth-order valence-corrected chi connectivity index (χ4v) is 2.89. The summed E-state index contributed by atoms with van der Waals surface area (Å²) in [5.41, 5.74) is 2.15. The van der Waals surface area contributed by atoms with Crippen LogP contribution in [-0.2, 0) is 0 Å². The maximum atomic E-state index is 12.7. The lowest BCUT2D eigenvalue weighted by Gasteiger charge is -2.15. The summed E-state index contributed by atoms with van der Waals surface area (Å²) in [6.45, 7) is 3.10. The first-order valence-electron chi connectivity index (χ1n) is 8.45. The Morgan fingerprint density at radius 3 is 3.00 bits per heavy atom. The van der Waals surface area contributed by atoms with Crippen LogP contribution in [0.15, 0.2) is 53.4 Å². The zero-order valence-electron chi connectivity index (χ0n) is 14.3. The summed E-state index contributed by atoms with van der Waals surface area (Å²) in [7, 11) is 0. The Labute approximate surface area is 150 Å². The van der Waals surface area contributed by atoms with E-state index >= 15 is 0 Å². The molecule has 0 aliphatic carbocycles. The predicted octanol–water partition coefficient (Wildman–Crippen LogP) is 2.73. The van der Waals surface area contributed by atoms with Crippen LogP contribution in [0.1, 0.15) is 22.5 Å². The summed E-state index contributed by atoms with van der Waals surface area (Å²) < 4.78 is 11.2. The second-order valence-electron chi connectivity index (χ2n) is 6.27. The molecular weight excluding hydrogens is 332 g/mol. The van der Waals surface area contributed by atoms with E-state index in [2.05, 4.69) is 15.1 Å². The monoisotopic (exact) mass is 350 g/mol. The van der Waals surface area contributed by atoms with Gasteiger partial charge in [0.1, 0.15) is 6.10 Å². The Balaban J connectivity index is 1.40. The SMILES string of the molecule is Cc1ccc(OC2CCN(C(=O)c3cc(-c4cccnc4)on3)C2)nc1. The lowest BCUT2D eigenvalue weighted by atomic mass is 10.2. The van der Waals surface area contributed by atoms with Gasteiger partial charge in [0.05, 0.1) is 6.54 Å². The molecule has 1 aliphatic rings. The van der Waals surface area contributed by atoms with Gasteiger partial charge in [0.15, 0.2) is 11.5 Å². The molecule has 7 nitrogen and oxygen atoms in total. The van der Waals surface area contributed by atoms with Crippen molar-refractivity contribution in [1.82, 2.24) is 20.0 Å². The van der Waals surface area contributed by atoms with Crippen LogP contribution in [0, 0.1) is 6.92 Å². The molecule has 0 bridgehead atoms. The zero-order valence-corrected chi connectivity index (χ0v) is 14.3. The van der Waals surface area contributed by atoms with Gasteiger partial charge in [0.25, 0.3) is 5.91 Å². The van der Waals surface area contributed by atoms with E-state index in [-0.39, 0.29) is 17.7 Å². The molecule has 0 saturated carbocycles.